The van der Waals surface area contributed by atoms with Crippen LogP contribution in [0.25, 0.3) is 0 Å². The Hall–Kier alpha value is -1.35. The highest BCUT2D eigenvalue weighted by Crippen LogP contribution is 2.38. The van der Waals surface area contributed by atoms with Crippen LogP contribution >= 0.6 is 0 Å². The second-order valence-corrected chi connectivity index (χ2v) is 4.21. The van der Waals surface area contributed by atoms with E-state index in [1.54, 1.807) is 0 Å². The fourth-order valence-electron chi connectivity index (χ4n) is 2.39. The van der Waals surface area contributed by atoms with Gasteiger partial charge in [0.1, 0.15) is 0 Å². The summed E-state index contributed by atoms with van der Waals surface area (Å²) in [5.74, 6) is 0.251. The van der Waals surface area contributed by atoms with Gasteiger partial charge in [0, 0.05) is 18.8 Å². The molecule has 1 unspecified atom stereocenters. The molecule has 92 valence electrons. The first-order valence-electron chi connectivity index (χ1n) is 6.27. The van der Waals surface area contributed by atoms with E-state index in [0.29, 0.717) is 19.8 Å². The lowest BCUT2D eigenvalue weighted by Gasteiger charge is -2.17. The van der Waals surface area contributed by atoms with E-state index >= 15 is 0 Å². The van der Waals surface area contributed by atoms with Gasteiger partial charge < -0.3 is 9.64 Å². The Morgan fingerprint density at radius 3 is 2.76 bits per heavy atom. The van der Waals surface area contributed by atoms with Gasteiger partial charge in [-0.3, -0.25) is 4.79 Å². The molecule has 1 heterocycles. The third kappa shape index (κ3) is 2.20. The third-order valence-electron chi connectivity index (χ3n) is 3.24. The molecule has 1 aliphatic rings. The van der Waals surface area contributed by atoms with Crippen molar-refractivity contribution in [1.82, 2.24) is 0 Å². The fourth-order valence-corrected chi connectivity index (χ4v) is 2.39. The van der Waals surface area contributed by atoms with Gasteiger partial charge in [-0.1, -0.05) is 25.1 Å². The summed E-state index contributed by atoms with van der Waals surface area (Å²) in [6.45, 7) is 5.98. The smallest absolute Gasteiger partial charge is 0.234 e. The summed E-state index contributed by atoms with van der Waals surface area (Å²) in [5, 5.41) is 0. The number of nitrogens with zero attached hydrogens (tertiary/aromatic N) is 1. The molecule has 0 fully saturated rings. The third-order valence-corrected chi connectivity index (χ3v) is 3.24. The zero-order chi connectivity index (χ0) is 12.3. The van der Waals surface area contributed by atoms with Crippen LogP contribution in [0.4, 0.5) is 5.69 Å². The molecule has 0 N–H and O–H groups in total. The Kier molecular flexibility index (Phi) is 3.79. The molecular weight excluding hydrogens is 214 g/mol. The monoisotopic (exact) mass is 233 g/mol. The van der Waals surface area contributed by atoms with Gasteiger partial charge in [-0.05, 0) is 25.0 Å². The van der Waals surface area contributed by atoms with Gasteiger partial charge in [-0.2, -0.15) is 0 Å². The number of amides is 1. The predicted octanol–water partition coefficient (Wildman–Crippen LogP) is 2.56. The lowest BCUT2D eigenvalue weighted by molar-refractivity contribution is -0.119. The Bertz CT molecular complexity index is 403. The fraction of sp³-hybridized carbons (Fsp3) is 0.500. The van der Waals surface area contributed by atoms with Crippen LogP contribution in [0, 0.1) is 0 Å². The van der Waals surface area contributed by atoms with E-state index in [4.69, 9.17) is 4.74 Å². The molecule has 0 saturated carbocycles. The molecule has 2 rings (SSSR count). The summed E-state index contributed by atoms with van der Waals surface area (Å²) in [4.78, 5) is 14.1. The predicted molar refractivity (Wildman–Crippen MR) is 68.3 cm³/mol. The van der Waals surface area contributed by atoms with Gasteiger partial charge in [0.15, 0.2) is 0 Å². The second kappa shape index (κ2) is 5.32. The van der Waals surface area contributed by atoms with Gasteiger partial charge in [0.2, 0.25) is 5.91 Å². The normalized spacial score (nSPS) is 18.6. The number of fused-ring (bicyclic) bond motifs is 1. The second-order valence-electron chi connectivity index (χ2n) is 4.21. The molecule has 1 aromatic rings. The minimum atomic E-state index is 0.0350. The number of hydrogen-bond acceptors (Lipinski definition) is 2. The van der Waals surface area contributed by atoms with E-state index in [1.807, 2.05) is 30.0 Å². The summed E-state index contributed by atoms with van der Waals surface area (Å²) >= 11 is 0. The van der Waals surface area contributed by atoms with Crippen molar-refractivity contribution < 1.29 is 9.53 Å². The van der Waals surface area contributed by atoms with Crippen molar-refractivity contribution in [3.63, 3.8) is 0 Å². The van der Waals surface area contributed by atoms with E-state index in [2.05, 4.69) is 13.0 Å². The van der Waals surface area contributed by atoms with E-state index < -0.39 is 0 Å². The maximum absolute atomic E-state index is 12.3. The van der Waals surface area contributed by atoms with Crippen LogP contribution in [0.3, 0.4) is 0 Å². The largest absolute Gasteiger partial charge is 0.380 e. The quantitative estimate of drug-likeness (QED) is 0.731. The minimum Gasteiger partial charge on any atom is -0.380 e. The lowest BCUT2D eigenvalue weighted by Crippen LogP contribution is -2.32. The van der Waals surface area contributed by atoms with Crippen LogP contribution < -0.4 is 4.90 Å². The highest BCUT2D eigenvalue weighted by molar-refractivity contribution is 6.04. The van der Waals surface area contributed by atoms with Crippen LogP contribution in [-0.4, -0.2) is 25.7 Å². The minimum absolute atomic E-state index is 0.0350. The van der Waals surface area contributed by atoms with Crippen LogP contribution in [0.1, 0.15) is 31.7 Å². The molecule has 0 aliphatic carbocycles. The first-order chi connectivity index (χ1) is 8.29. The summed E-state index contributed by atoms with van der Waals surface area (Å²) in [5.41, 5.74) is 2.22. The molecule has 0 saturated heterocycles. The molecule has 0 radical (unpaired) electrons. The Labute approximate surface area is 102 Å². The van der Waals surface area contributed by atoms with Crippen LogP contribution in [0.5, 0.6) is 0 Å². The van der Waals surface area contributed by atoms with Crippen molar-refractivity contribution in [1.29, 1.82) is 0 Å². The molecular formula is C14H19NO2. The van der Waals surface area contributed by atoms with E-state index in [-0.39, 0.29) is 11.8 Å². The zero-order valence-corrected chi connectivity index (χ0v) is 10.5. The molecule has 1 amide bonds. The number of benzene rings is 1. The molecule has 1 aliphatic heterocycles. The number of anilines is 1. The molecule has 3 heteroatoms. The van der Waals surface area contributed by atoms with Gasteiger partial charge in [0.25, 0.3) is 0 Å². The van der Waals surface area contributed by atoms with Crippen molar-refractivity contribution in [3.05, 3.63) is 29.8 Å². The average molecular weight is 233 g/mol. The Morgan fingerprint density at radius 2 is 2.06 bits per heavy atom. The molecule has 1 aromatic carbocycles. The molecule has 1 atom stereocenters. The molecule has 3 nitrogen and oxygen atoms in total. The van der Waals surface area contributed by atoms with Crippen LogP contribution in [0.15, 0.2) is 24.3 Å². The van der Waals surface area contributed by atoms with Gasteiger partial charge in [0.05, 0.1) is 12.5 Å². The average Bonchev–Trinajstić information content (AvgIpc) is 2.62. The standard InChI is InChI=1S/C14H19NO2/c1-3-11-12-7-5-6-8-13(12)15(14(11)16)9-10-17-4-2/h5-8,11H,3-4,9-10H2,1-2H3. The summed E-state index contributed by atoms with van der Waals surface area (Å²) in [6.07, 6.45) is 0.862. The number of rotatable bonds is 5. The summed E-state index contributed by atoms with van der Waals surface area (Å²) in [7, 11) is 0. The maximum atomic E-state index is 12.3. The molecule has 0 bridgehead atoms. The maximum Gasteiger partial charge on any atom is 0.234 e. The highest BCUT2D eigenvalue weighted by Gasteiger charge is 2.35. The topological polar surface area (TPSA) is 29.5 Å². The van der Waals surface area contributed by atoms with Crippen molar-refractivity contribution in [2.45, 2.75) is 26.2 Å². The van der Waals surface area contributed by atoms with Crippen molar-refractivity contribution in [2.75, 3.05) is 24.7 Å². The van der Waals surface area contributed by atoms with Crippen molar-refractivity contribution in [3.8, 4) is 0 Å². The van der Waals surface area contributed by atoms with Crippen LogP contribution in [0.2, 0.25) is 0 Å². The number of para-hydroxylation sites is 1. The van der Waals surface area contributed by atoms with Crippen molar-refractivity contribution in [2.24, 2.45) is 0 Å². The number of ether oxygens (including phenoxy) is 1. The number of carbonyl (C=O) groups excluding carboxylic acids is 1. The Morgan fingerprint density at radius 1 is 1.29 bits per heavy atom. The first-order valence-corrected chi connectivity index (χ1v) is 6.27. The summed E-state index contributed by atoms with van der Waals surface area (Å²) in [6, 6.07) is 8.07. The van der Waals surface area contributed by atoms with Crippen molar-refractivity contribution >= 4 is 11.6 Å². The van der Waals surface area contributed by atoms with Gasteiger partial charge >= 0.3 is 0 Å². The SMILES string of the molecule is CCOCCN1C(=O)C(CC)c2ccccc21. The van der Waals surface area contributed by atoms with Crippen LogP contribution in [-0.2, 0) is 9.53 Å². The zero-order valence-electron chi connectivity index (χ0n) is 10.5. The highest BCUT2D eigenvalue weighted by atomic mass is 16.5. The molecule has 0 spiro atoms. The lowest BCUT2D eigenvalue weighted by atomic mass is 9.98. The van der Waals surface area contributed by atoms with E-state index in [0.717, 1.165) is 17.7 Å². The number of carbonyl (C=O) groups is 1. The molecule has 0 aromatic heterocycles. The first kappa shape index (κ1) is 12.1. The van der Waals surface area contributed by atoms with E-state index in [9.17, 15) is 4.79 Å². The Balaban J connectivity index is 2.20. The number of hydrogen-bond donors (Lipinski definition) is 0. The van der Waals surface area contributed by atoms with Gasteiger partial charge in [-0.15, -0.1) is 0 Å². The van der Waals surface area contributed by atoms with E-state index in [1.165, 1.54) is 0 Å². The molecule has 17 heavy (non-hydrogen) atoms. The van der Waals surface area contributed by atoms with Gasteiger partial charge in [-0.25, -0.2) is 0 Å². The summed E-state index contributed by atoms with van der Waals surface area (Å²) < 4.78 is 5.33.